The Morgan fingerprint density at radius 2 is 2.06 bits per heavy atom. The van der Waals surface area contributed by atoms with Gasteiger partial charge in [-0.05, 0) is 53.9 Å². The molecule has 1 aliphatic heterocycles. The van der Waals surface area contributed by atoms with Crippen LogP contribution >= 0.6 is 0 Å². The van der Waals surface area contributed by atoms with Gasteiger partial charge in [0.1, 0.15) is 5.82 Å². The molecule has 0 saturated carbocycles. The number of anilines is 1. The van der Waals surface area contributed by atoms with Gasteiger partial charge in [-0.1, -0.05) is 30.2 Å². The molecule has 3 N–H and O–H groups in total. The molecule has 1 amide bonds. The van der Waals surface area contributed by atoms with Crippen molar-refractivity contribution in [3.05, 3.63) is 47.0 Å². The molecule has 4 rings (SSSR count). The minimum atomic E-state index is -0.557. The lowest BCUT2D eigenvalue weighted by atomic mass is 10.2. The fourth-order valence-electron chi connectivity index (χ4n) is 3.44. The van der Waals surface area contributed by atoms with Crippen LogP contribution in [0.25, 0.3) is 5.82 Å². The van der Waals surface area contributed by atoms with Gasteiger partial charge < -0.3 is 5.73 Å². The smallest absolute Gasteiger partial charge is 0.293 e. The Kier molecular flexibility index (Phi) is 6.26. The maximum Gasteiger partial charge on any atom is 0.293 e. The number of carbonyl (C=O) groups excluding carboxylic acids is 1. The number of benzene rings is 1. The number of nitrogen functional groups attached to an aromatic ring is 1. The van der Waals surface area contributed by atoms with Crippen LogP contribution in [0.2, 0.25) is 0 Å². The highest BCUT2D eigenvalue weighted by atomic mass is 19.1. The van der Waals surface area contributed by atoms with E-state index in [4.69, 9.17) is 5.73 Å². The van der Waals surface area contributed by atoms with Crippen molar-refractivity contribution in [3.63, 3.8) is 0 Å². The average molecular weight is 427 g/mol. The fourth-order valence-corrected chi connectivity index (χ4v) is 3.44. The Hall–Kier alpha value is -3.67. The predicted octanol–water partition coefficient (Wildman–Crippen LogP) is 1.51. The molecule has 3 heterocycles. The molecule has 1 aliphatic rings. The first-order valence-corrected chi connectivity index (χ1v) is 9.96. The molecule has 0 spiro atoms. The molecule has 162 valence electrons. The summed E-state index contributed by atoms with van der Waals surface area (Å²) in [7, 11) is 0. The largest absolute Gasteiger partial charge is 0.378 e. The zero-order valence-electron chi connectivity index (χ0n) is 16.7. The number of hydrazone groups is 1. The standard InChI is InChI=1S/C19H22FN9O2/c20-14-7-5-6-13(10-14)11-22-24-19(30)16-15(12-28-8-3-1-2-4-9-28)29(27-23-16)18-17(21)25-31-26-18/h5-7,10-11H,1-4,8-9,12H2,(H2,21,25)(H,24,30)/b22-11+. The van der Waals surface area contributed by atoms with Crippen molar-refractivity contribution in [2.45, 2.75) is 32.2 Å². The summed E-state index contributed by atoms with van der Waals surface area (Å²) >= 11 is 0. The predicted molar refractivity (Wildman–Crippen MR) is 109 cm³/mol. The molecular weight excluding hydrogens is 405 g/mol. The molecule has 1 saturated heterocycles. The number of amides is 1. The van der Waals surface area contributed by atoms with E-state index in [0.29, 0.717) is 17.8 Å². The number of rotatable bonds is 6. The van der Waals surface area contributed by atoms with Gasteiger partial charge in [0.05, 0.1) is 11.9 Å². The number of nitrogens with two attached hydrogens (primary N) is 1. The minimum Gasteiger partial charge on any atom is -0.378 e. The summed E-state index contributed by atoms with van der Waals surface area (Å²) in [5.74, 6) is -0.742. The van der Waals surface area contributed by atoms with Gasteiger partial charge in [-0.25, -0.2) is 14.4 Å². The van der Waals surface area contributed by atoms with Crippen LogP contribution in [0.5, 0.6) is 0 Å². The maximum atomic E-state index is 13.3. The molecule has 0 bridgehead atoms. The van der Waals surface area contributed by atoms with Crippen LogP contribution in [0.4, 0.5) is 10.2 Å². The van der Waals surface area contributed by atoms with Gasteiger partial charge in [-0.3, -0.25) is 9.69 Å². The average Bonchev–Trinajstić information content (AvgIpc) is 3.26. The second kappa shape index (κ2) is 9.43. The lowest BCUT2D eigenvalue weighted by Crippen LogP contribution is -2.28. The van der Waals surface area contributed by atoms with Gasteiger partial charge >= 0.3 is 0 Å². The van der Waals surface area contributed by atoms with Gasteiger partial charge in [0.25, 0.3) is 5.91 Å². The zero-order valence-corrected chi connectivity index (χ0v) is 16.7. The number of nitrogens with zero attached hydrogens (tertiary/aromatic N) is 7. The van der Waals surface area contributed by atoms with E-state index in [1.807, 2.05) is 0 Å². The van der Waals surface area contributed by atoms with E-state index >= 15 is 0 Å². The number of carbonyl (C=O) groups is 1. The highest BCUT2D eigenvalue weighted by molar-refractivity contribution is 5.94. The van der Waals surface area contributed by atoms with E-state index in [-0.39, 0.29) is 17.3 Å². The summed E-state index contributed by atoms with van der Waals surface area (Å²) in [6.45, 7) is 2.22. The number of halogens is 1. The van der Waals surface area contributed by atoms with Crippen molar-refractivity contribution in [1.29, 1.82) is 0 Å². The van der Waals surface area contributed by atoms with Gasteiger partial charge in [0.2, 0.25) is 11.6 Å². The summed E-state index contributed by atoms with van der Waals surface area (Å²) in [4.78, 5) is 15.0. The monoisotopic (exact) mass is 427 g/mol. The topological polar surface area (TPSA) is 140 Å². The van der Waals surface area contributed by atoms with Gasteiger partial charge in [0.15, 0.2) is 5.69 Å². The molecule has 2 aromatic heterocycles. The van der Waals surface area contributed by atoms with Crippen LogP contribution < -0.4 is 11.2 Å². The summed E-state index contributed by atoms with van der Waals surface area (Å²) < 4.78 is 19.3. The third-order valence-electron chi connectivity index (χ3n) is 4.97. The van der Waals surface area contributed by atoms with E-state index in [2.05, 4.69) is 40.7 Å². The minimum absolute atomic E-state index is 0.0399. The summed E-state index contributed by atoms with van der Waals surface area (Å²) in [6, 6.07) is 5.85. The van der Waals surface area contributed by atoms with E-state index < -0.39 is 11.7 Å². The Bertz CT molecular complexity index is 1070. The molecule has 0 atom stereocenters. The lowest BCUT2D eigenvalue weighted by Gasteiger charge is -2.20. The number of likely N-dealkylation sites (tertiary alicyclic amines) is 1. The van der Waals surface area contributed by atoms with Crippen molar-refractivity contribution in [2.75, 3.05) is 18.8 Å². The quantitative estimate of drug-likeness (QED) is 0.446. The number of aromatic nitrogens is 5. The van der Waals surface area contributed by atoms with Gasteiger partial charge in [-0.2, -0.15) is 9.78 Å². The molecule has 31 heavy (non-hydrogen) atoms. The Balaban J connectivity index is 1.57. The molecule has 1 aromatic carbocycles. The van der Waals surface area contributed by atoms with Crippen molar-refractivity contribution < 1.29 is 13.8 Å². The van der Waals surface area contributed by atoms with Crippen LogP contribution in [0.3, 0.4) is 0 Å². The molecule has 3 aromatic rings. The van der Waals surface area contributed by atoms with Crippen LogP contribution in [0.15, 0.2) is 34.0 Å². The van der Waals surface area contributed by atoms with E-state index in [9.17, 15) is 9.18 Å². The van der Waals surface area contributed by atoms with Crippen LogP contribution in [0.1, 0.15) is 47.4 Å². The first-order valence-electron chi connectivity index (χ1n) is 9.96. The summed E-state index contributed by atoms with van der Waals surface area (Å²) in [5, 5.41) is 19.3. The van der Waals surface area contributed by atoms with Crippen molar-refractivity contribution in [3.8, 4) is 5.82 Å². The second-order valence-electron chi connectivity index (χ2n) is 7.21. The maximum absolute atomic E-state index is 13.3. The molecule has 0 aliphatic carbocycles. The van der Waals surface area contributed by atoms with Crippen LogP contribution in [0, 0.1) is 5.82 Å². The molecule has 1 fully saturated rings. The molecule has 11 nitrogen and oxygen atoms in total. The first kappa shape index (κ1) is 20.6. The number of hydrogen-bond acceptors (Lipinski definition) is 9. The van der Waals surface area contributed by atoms with Gasteiger partial charge in [0, 0.05) is 6.54 Å². The zero-order chi connectivity index (χ0) is 21.6. The normalized spacial score (nSPS) is 15.3. The molecule has 0 radical (unpaired) electrons. The summed E-state index contributed by atoms with van der Waals surface area (Å²) in [6.07, 6.45) is 5.86. The first-order chi connectivity index (χ1) is 15.1. The SMILES string of the molecule is Nc1nonc1-n1nnc(C(=O)N/N=C/c2cccc(F)c2)c1CN1CCCCCC1. The second-order valence-corrected chi connectivity index (χ2v) is 7.21. The highest BCUT2D eigenvalue weighted by Crippen LogP contribution is 2.19. The van der Waals surface area contributed by atoms with Crippen molar-refractivity contribution in [2.24, 2.45) is 5.10 Å². The number of hydrogen-bond donors (Lipinski definition) is 2. The number of nitrogens with one attached hydrogen (secondary N) is 1. The lowest BCUT2D eigenvalue weighted by molar-refractivity contribution is 0.0948. The molecular formula is C19H22FN9O2. The van der Waals surface area contributed by atoms with E-state index in [1.165, 1.54) is 35.9 Å². The molecule has 0 unspecified atom stereocenters. The van der Waals surface area contributed by atoms with E-state index in [1.54, 1.807) is 12.1 Å². The summed E-state index contributed by atoms with van der Waals surface area (Å²) in [5.41, 5.74) is 9.33. The van der Waals surface area contributed by atoms with Gasteiger partial charge in [-0.15, -0.1) is 5.10 Å². The highest BCUT2D eigenvalue weighted by Gasteiger charge is 2.25. The molecule has 12 heteroatoms. The Morgan fingerprint density at radius 3 is 2.77 bits per heavy atom. The van der Waals surface area contributed by atoms with Crippen LogP contribution in [-0.4, -0.2) is 55.4 Å². The Labute approximate surface area is 177 Å². The van der Waals surface area contributed by atoms with Crippen LogP contribution in [-0.2, 0) is 6.54 Å². The Morgan fingerprint density at radius 1 is 1.26 bits per heavy atom. The van der Waals surface area contributed by atoms with E-state index in [0.717, 1.165) is 25.9 Å². The fraction of sp³-hybridized carbons (Fsp3) is 0.368. The van der Waals surface area contributed by atoms with Crippen molar-refractivity contribution in [1.82, 2.24) is 35.6 Å². The third-order valence-corrected chi connectivity index (χ3v) is 4.97. The van der Waals surface area contributed by atoms with Crippen molar-refractivity contribution >= 4 is 17.9 Å². The third kappa shape index (κ3) is 4.91.